The van der Waals surface area contributed by atoms with Crippen molar-refractivity contribution in [1.82, 2.24) is 0 Å². The highest BCUT2D eigenvalue weighted by Crippen LogP contribution is 2.31. The van der Waals surface area contributed by atoms with Gasteiger partial charge in [-0.25, -0.2) is 4.79 Å². The number of carbonyl (C=O) groups is 1. The predicted octanol–water partition coefficient (Wildman–Crippen LogP) is 2.49. The zero-order valence-electron chi connectivity index (χ0n) is 11.5. The number of nitrogens with zero attached hydrogens (tertiary/aromatic N) is 2. The Morgan fingerprint density at radius 3 is 2.86 bits per heavy atom. The van der Waals surface area contributed by atoms with E-state index in [1.165, 1.54) is 25.2 Å². The molecule has 1 saturated carbocycles. The minimum absolute atomic E-state index is 0.0864. The van der Waals surface area contributed by atoms with Crippen molar-refractivity contribution in [2.75, 3.05) is 12.4 Å². The summed E-state index contributed by atoms with van der Waals surface area (Å²) in [6.07, 6.45) is 1.58. The molecule has 0 radical (unpaired) electrons. The Bertz CT molecular complexity index is 609. The number of esters is 1. The lowest BCUT2D eigenvalue weighted by molar-refractivity contribution is -0.384. The number of nitro benzene ring substituents is 1. The van der Waals surface area contributed by atoms with E-state index in [1.54, 1.807) is 0 Å². The molecule has 1 aliphatic carbocycles. The zero-order chi connectivity index (χ0) is 15.4. The van der Waals surface area contributed by atoms with Gasteiger partial charge in [-0.15, -0.1) is 0 Å². The van der Waals surface area contributed by atoms with Crippen molar-refractivity contribution in [2.24, 2.45) is 5.92 Å². The first-order valence-electron chi connectivity index (χ1n) is 6.62. The number of anilines is 1. The summed E-state index contributed by atoms with van der Waals surface area (Å²) >= 11 is 0. The first-order chi connectivity index (χ1) is 10.1. The van der Waals surface area contributed by atoms with E-state index in [9.17, 15) is 14.9 Å². The lowest BCUT2D eigenvalue weighted by atomic mass is 10.1. The van der Waals surface area contributed by atoms with Gasteiger partial charge >= 0.3 is 5.97 Å². The fourth-order valence-electron chi connectivity index (χ4n) is 2.50. The fraction of sp³-hybridized carbons (Fsp3) is 0.429. The van der Waals surface area contributed by atoms with Crippen LogP contribution in [0.25, 0.3) is 0 Å². The SMILES string of the molecule is CNc1c(C(=O)O[C@H]2CC[C@H](C#N)C2)cccc1[N+](=O)[O-]. The summed E-state index contributed by atoms with van der Waals surface area (Å²) in [5.74, 6) is -0.691. The van der Waals surface area contributed by atoms with Crippen LogP contribution in [0.4, 0.5) is 11.4 Å². The van der Waals surface area contributed by atoms with Crippen molar-refractivity contribution in [3.63, 3.8) is 0 Å². The summed E-state index contributed by atoms with van der Waals surface area (Å²) in [6.45, 7) is 0. The van der Waals surface area contributed by atoms with Gasteiger partial charge in [0.25, 0.3) is 5.69 Å². The van der Waals surface area contributed by atoms with Crippen LogP contribution in [0, 0.1) is 27.4 Å². The molecule has 0 aromatic heterocycles. The maximum Gasteiger partial charge on any atom is 0.340 e. The number of hydrogen-bond donors (Lipinski definition) is 1. The van der Waals surface area contributed by atoms with Crippen molar-refractivity contribution in [2.45, 2.75) is 25.4 Å². The number of nitro groups is 1. The van der Waals surface area contributed by atoms with Gasteiger partial charge in [0.1, 0.15) is 11.8 Å². The molecular formula is C14H15N3O4. The third-order valence-corrected chi connectivity index (χ3v) is 3.55. The fourth-order valence-corrected chi connectivity index (χ4v) is 2.50. The van der Waals surface area contributed by atoms with E-state index in [1.807, 2.05) is 0 Å². The van der Waals surface area contributed by atoms with Crippen LogP contribution in [-0.2, 0) is 4.74 Å². The lowest BCUT2D eigenvalue weighted by Gasteiger charge is -2.13. The highest BCUT2D eigenvalue weighted by Gasteiger charge is 2.29. The van der Waals surface area contributed by atoms with E-state index in [2.05, 4.69) is 11.4 Å². The Morgan fingerprint density at radius 2 is 2.29 bits per heavy atom. The van der Waals surface area contributed by atoms with Crippen LogP contribution in [0.1, 0.15) is 29.6 Å². The van der Waals surface area contributed by atoms with E-state index in [4.69, 9.17) is 10.00 Å². The minimum atomic E-state index is -0.605. The normalized spacial score (nSPS) is 20.6. The second kappa shape index (κ2) is 6.22. The molecule has 21 heavy (non-hydrogen) atoms. The van der Waals surface area contributed by atoms with E-state index in [0.29, 0.717) is 19.3 Å². The van der Waals surface area contributed by atoms with Gasteiger partial charge in [0.05, 0.1) is 16.6 Å². The topological polar surface area (TPSA) is 105 Å². The predicted molar refractivity (Wildman–Crippen MR) is 74.8 cm³/mol. The zero-order valence-corrected chi connectivity index (χ0v) is 11.5. The summed E-state index contributed by atoms with van der Waals surface area (Å²) in [6, 6.07) is 6.41. The van der Waals surface area contributed by atoms with E-state index < -0.39 is 10.9 Å². The summed E-state index contributed by atoms with van der Waals surface area (Å²) in [7, 11) is 1.51. The van der Waals surface area contributed by atoms with Crippen molar-refractivity contribution < 1.29 is 14.5 Å². The number of carbonyl (C=O) groups excluding carboxylic acids is 1. The van der Waals surface area contributed by atoms with Crippen LogP contribution in [0.5, 0.6) is 0 Å². The minimum Gasteiger partial charge on any atom is -0.459 e. The first-order valence-corrected chi connectivity index (χ1v) is 6.62. The second-order valence-electron chi connectivity index (χ2n) is 4.87. The van der Waals surface area contributed by atoms with Crippen LogP contribution >= 0.6 is 0 Å². The Morgan fingerprint density at radius 1 is 1.52 bits per heavy atom. The van der Waals surface area contributed by atoms with Crippen LogP contribution in [-0.4, -0.2) is 24.0 Å². The van der Waals surface area contributed by atoms with Gasteiger partial charge < -0.3 is 10.1 Å². The molecule has 0 aliphatic heterocycles. The number of ether oxygens (including phenoxy) is 1. The smallest absolute Gasteiger partial charge is 0.340 e. The average Bonchev–Trinajstić information content (AvgIpc) is 2.93. The summed E-state index contributed by atoms with van der Waals surface area (Å²) in [5.41, 5.74) is 0.0997. The van der Waals surface area contributed by atoms with Gasteiger partial charge in [-0.05, 0) is 18.9 Å². The monoisotopic (exact) mass is 289 g/mol. The quantitative estimate of drug-likeness (QED) is 0.518. The molecule has 0 spiro atoms. The number of nitrogens with one attached hydrogen (secondary N) is 1. The molecule has 110 valence electrons. The van der Waals surface area contributed by atoms with Crippen LogP contribution < -0.4 is 5.32 Å². The Kier molecular flexibility index (Phi) is 4.38. The number of nitriles is 1. The van der Waals surface area contributed by atoms with Gasteiger partial charge in [0.15, 0.2) is 0 Å². The molecule has 0 amide bonds. The molecule has 1 N–H and O–H groups in total. The van der Waals surface area contributed by atoms with E-state index in [0.717, 1.165) is 0 Å². The summed E-state index contributed by atoms with van der Waals surface area (Å²) < 4.78 is 5.35. The molecule has 0 unspecified atom stereocenters. The van der Waals surface area contributed by atoms with Crippen molar-refractivity contribution in [1.29, 1.82) is 5.26 Å². The molecule has 1 fully saturated rings. The second-order valence-corrected chi connectivity index (χ2v) is 4.87. The molecule has 0 saturated heterocycles. The molecule has 1 aliphatic rings. The van der Waals surface area contributed by atoms with Crippen molar-refractivity contribution in [3.8, 4) is 6.07 Å². The van der Waals surface area contributed by atoms with Gasteiger partial charge in [-0.3, -0.25) is 10.1 Å². The third kappa shape index (κ3) is 3.11. The average molecular weight is 289 g/mol. The summed E-state index contributed by atoms with van der Waals surface area (Å²) in [4.78, 5) is 22.6. The standard InChI is InChI=1S/C14H15N3O4/c1-16-13-11(3-2-4-12(13)17(19)20)14(18)21-10-6-5-9(7-10)8-15/h2-4,9-10,16H,5-7H2,1H3/t9-,10-/m0/s1. The third-order valence-electron chi connectivity index (χ3n) is 3.55. The Labute approximate surface area is 121 Å². The number of hydrogen-bond acceptors (Lipinski definition) is 6. The molecule has 2 rings (SSSR count). The number of benzene rings is 1. The van der Waals surface area contributed by atoms with Gasteiger partial charge in [-0.2, -0.15) is 5.26 Å². The molecule has 7 nitrogen and oxygen atoms in total. The highest BCUT2D eigenvalue weighted by molar-refractivity contribution is 5.98. The van der Waals surface area contributed by atoms with Gasteiger partial charge in [0, 0.05) is 25.5 Å². The van der Waals surface area contributed by atoms with Gasteiger partial charge in [0.2, 0.25) is 0 Å². The van der Waals surface area contributed by atoms with Crippen molar-refractivity contribution >= 4 is 17.3 Å². The summed E-state index contributed by atoms with van der Waals surface area (Å²) in [5, 5.41) is 22.5. The van der Waals surface area contributed by atoms with E-state index in [-0.39, 0.29) is 29.0 Å². The van der Waals surface area contributed by atoms with E-state index >= 15 is 0 Å². The molecule has 1 aromatic rings. The molecule has 1 aromatic carbocycles. The lowest BCUT2D eigenvalue weighted by Crippen LogP contribution is -2.17. The molecule has 7 heteroatoms. The maximum absolute atomic E-state index is 12.2. The number of para-hydroxylation sites is 1. The Hall–Kier alpha value is -2.62. The van der Waals surface area contributed by atoms with Crippen LogP contribution in [0.2, 0.25) is 0 Å². The molecule has 0 heterocycles. The van der Waals surface area contributed by atoms with Crippen molar-refractivity contribution in [3.05, 3.63) is 33.9 Å². The van der Waals surface area contributed by atoms with Crippen LogP contribution in [0.15, 0.2) is 18.2 Å². The largest absolute Gasteiger partial charge is 0.459 e. The van der Waals surface area contributed by atoms with Gasteiger partial charge in [-0.1, -0.05) is 6.07 Å². The van der Waals surface area contributed by atoms with Crippen LogP contribution in [0.3, 0.4) is 0 Å². The highest BCUT2D eigenvalue weighted by atomic mass is 16.6. The number of rotatable bonds is 4. The molecule has 2 atom stereocenters. The maximum atomic E-state index is 12.2. The molecule has 0 bridgehead atoms. The molecular weight excluding hydrogens is 274 g/mol. The first kappa shape index (κ1) is 14.8. The Balaban J connectivity index is 2.18.